The Labute approximate surface area is 146 Å². The summed E-state index contributed by atoms with van der Waals surface area (Å²) in [6.07, 6.45) is 1.93. The molecule has 0 aliphatic rings. The van der Waals surface area contributed by atoms with Crippen molar-refractivity contribution < 1.29 is 9.59 Å². The van der Waals surface area contributed by atoms with Gasteiger partial charge < -0.3 is 15.8 Å². The van der Waals surface area contributed by atoms with Crippen LogP contribution in [-0.2, 0) is 4.79 Å². The van der Waals surface area contributed by atoms with E-state index in [1.807, 2.05) is 18.2 Å². The molecule has 0 unspecified atom stereocenters. The number of fused-ring (bicyclic) bond motifs is 1. The third-order valence-electron chi connectivity index (χ3n) is 3.50. The number of benzene rings is 1. The molecule has 5 N–H and O–H groups in total. The van der Waals surface area contributed by atoms with Crippen LogP contribution >= 0.6 is 11.3 Å². The van der Waals surface area contributed by atoms with E-state index < -0.39 is 11.9 Å². The van der Waals surface area contributed by atoms with Gasteiger partial charge in [-0.1, -0.05) is 0 Å². The maximum absolute atomic E-state index is 11.6. The van der Waals surface area contributed by atoms with Crippen LogP contribution in [0.2, 0.25) is 0 Å². The third-order valence-corrected chi connectivity index (χ3v) is 4.31. The van der Waals surface area contributed by atoms with Gasteiger partial charge in [-0.2, -0.15) is 4.98 Å². The van der Waals surface area contributed by atoms with Gasteiger partial charge in [0.05, 0.1) is 15.7 Å². The van der Waals surface area contributed by atoms with Crippen LogP contribution < -0.4 is 21.9 Å². The zero-order valence-electron chi connectivity index (χ0n) is 13.2. The van der Waals surface area contributed by atoms with Crippen molar-refractivity contribution in [2.24, 2.45) is 11.6 Å². The van der Waals surface area contributed by atoms with Crippen LogP contribution in [0, 0.1) is 0 Å². The van der Waals surface area contributed by atoms with E-state index in [0.29, 0.717) is 12.0 Å². The van der Waals surface area contributed by atoms with Crippen molar-refractivity contribution in [3.05, 3.63) is 35.5 Å². The van der Waals surface area contributed by atoms with Gasteiger partial charge in [-0.25, -0.2) is 15.8 Å². The van der Waals surface area contributed by atoms with Crippen LogP contribution in [0.5, 0.6) is 0 Å². The number of carbonyl (C=O) groups excluding carboxylic acids is 2. The molecule has 9 nitrogen and oxygen atoms in total. The van der Waals surface area contributed by atoms with Crippen molar-refractivity contribution in [2.45, 2.75) is 13.0 Å². The highest BCUT2D eigenvalue weighted by Gasteiger charge is 2.17. The molecule has 0 aliphatic carbocycles. The summed E-state index contributed by atoms with van der Waals surface area (Å²) >= 11 is 1.53. The molecule has 0 saturated heterocycles. The Morgan fingerprint density at radius 1 is 1.40 bits per heavy atom. The molecular weight excluding hydrogens is 342 g/mol. The van der Waals surface area contributed by atoms with Crippen molar-refractivity contribution in [3.63, 3.8) is 0 Å². The van der Waals surface area contributed by atoms with Gasteiger partial charge in [0, 0.05) is 11.9 Å². The van der Waals surface area contributed by atoms with E-state index in [1.54, 1.807) is 12.4 Å². The molecule has 2 aromatic heterocycles. The number of rotatable bonds is 6. The molecule has 1 aromatic carbocycles. The van der Waals surface area contributed by atoms with Crippen molar-refractivity contribution in [3.8, 4) is 0 Å². The predicted octanol–water partition coefficient (Wildman–Crippen LogP) is 1.20. The molecule has 128 valence electrons. The molecule has 1 atom stereocenters. The Kier molecular flexibility index (Phi) is 4.55. The van der Waals surface area contributed by atoms with E-state index in [1.165, 1.54) is 17.5 Å². The number of hydrazine groups is 1. The Morgan fingerprint density at radius 3 is 2.92 bits per heavy atom. The van der Waals surface area contributed by atoms with E-state index in [2.05, 4.69) is 20.3 Å². The van der Waals surface area contributed by atoms with Crippen molar-refractivity contribution >= 4 is 51.2 Å². The van der Waals surface area contributed by atoms with Crippen LogP contribution in [0.25, 0.3) is 10.2 Å². The van der Waals surface area contributed by atoms with Gasteiger partial charge >= 0.3 is 0 Å². The number of nitrogens with zero attached hydrogens (tertiary/aromatic N) is 4. The quantitative estimate of drug-likeness (QED) is 0.339. The fraction of sp³-hybridized carbons (Fsp3) is 0.133. The first kappa shape index (κ1) is 16.7. The van der Waals surface area contributed by atoms with Gasteiger partial charge in [0.25, 0.3) is 5.91 Å². The molecule has 0 bridgehead atoms. The number of aldehydes is 1. The molecule has 2 heterocycles. The minimum atomic E-state index is -0.684. The third kappa shape index (κ3) is 3.39. The number of primary amides is 1. The summed E-state index contributed by atoms with van der Waals surface area (Å²) in [5, 5.41) is 4.13. The molecule has 0 saturated carbocycles. The highest BCUT2D eigenvalue weighted by Crippen LogP contribution is 2.25. The minimum Gasteiger partial charge on any atom is -0.365 e. The minimum absolute atomic E-state index is 0.0850. The van der Waals surface area contributed by atoms with Crippen molar-refractivity contribution in [2.75, 3.05) is 10.3 Å². The number of thiazole rings is 1. The Hall–Kier alpha value is -3.11. The van der Waals surface area contributed by atoms with E-state index in [9.17, 15) is 9.59 Å². The fourth-order valence-corrected chi connectivity index (χ4v) is 2.75. The number of hydrogen-bond donors (Lipinski definition) is 3. The zero-order valence-corrected chi connectivity index (χ0v) is 14.0. The van der Waals surface area contributed by atoms with Crippen LogP contribution in [0.3, 0.4) is 0 Å². The number of aromatic nitrogens is 3. The zero-order chi connectivity index (χ0) is 18.0. The molecule has 0 fully saturated rings. The Balaban J connectivity index is 1.99. The summed E-state index contributed by atoms with van der Waals surface area (Å²) in [6, 6.07) is 4.94. The smallest absolute Gasteiger partial charge is 0.254 e. The average molecular weight is 357 g/mol. The predicted molar refractivity (Wildman–Crippen MR) is 95.6 cm³/mol. The summed E-state index contributed by atoms with van der Waals surface area (Å²) in [6.45, 7) is 1.60. The van der Waals surface area contributed by atoms with Crippen molar-refractivity contribution in [1.29, 1.82) is 0 Å². The molecule has 1 amide bonds. The van der Waals surface area contributed by atoms with Gasteiger partial charge in [-0.3, -0.25) is 9.80 Å². The molecule has 0 spiro atoms. The Bertz CT molecular complexity index is 943. The number of hydrogen-bond acceptors (Lipinski definition) is 9. The topological polar surface area (TPSA) is 140 Å². The second-order valence-electron chi connectivity index (χ2n) is 5.24. The van der Waals surface area contributed by atoms with Crippen LogP contribution in [-0.4, -0.2) is 33.2 Å². The molecule has 3 rings (SSSR count). The van der Waals surface area contributed by atoms with Gasteiger partial charge in [0.2, 0.25) is 5.95 Å². The summed E-state index contributed by atoms with van der Waals surface area (Å²) < 4.78 is 1.04. The van der Waals surface area contributed by atoms with Gasteiger partial charge in [-0.05, 0) is 25.1 Å². The molecular formula is C15H15N7O2S. The number of nitrogens with two attached hydrogens (primary N) is 2. The van der Waals surface area contributed by atoms with Crippen molar-refractivity contribution in [1.82, 2.24) is 15.0 Å². The molecule has 25 heavy (non-hydrogen) atoms. The molecule has 10 heteroatoms. The van der Waals surface area contributed by atoms with E-state index >= 15 is 0 Å². The summed E-state index contributed by atoms with van der Waals surface area (Å²) in [4.78, 5) is 35.0. The summed E-state index contributed by atoms with van der Waals surface area (Å²) in [7, 11) is 0. The lowest BCUT2D eigenvalue weighted by molar-refractivity contribution is -0.108. The highest BCUT2D eigenvalue weighted by molar-refractivity contribution is 7.16. The highest BCUT2D eigenvalue weighted by atomic mass is 32.1. The standard InChI is InChI=1S/C15H15N7O2S/c1-8(6-23)22(17)15-18-5-10(13(16)24)14(21-15)20-9-2-3-12-11(4-9)19-7-25-12/h2-8H,17H2,1H3,(H2,16,24)(H,18,20,21)/t8-/m1/s1. The largest absolute Gasteiger partial charge is 0.365 e. The number of nitrogens with one attached hydrogen (secondary N) is 1. The number of carbonyl (C=O) groups is 2. The maximum Gasteiger partial charge on any atom is 0.254 e. The van der Waals surface area contributed by atoms with Crippen LogP contribution in [0.15, 0.2) is 29.9 Å². The first-order chi connectivity index (χ1) is 12.0. The molecule has 0 radical (unpaired) electrons. The second kappa shape index (κ2) is 6.79. The lowest BCUT2D eigenvalue weighted by Crippen LogP contribution is -2.41. The normalized spacial score (nSPS) is 11.9. The summed E-state index contributed by atoms with van der Waals surface area (Å²) in [5.74, 6) is 5.42. The maximum atomic E-state index is 11.6. The fourth-order valence-electron chi connectivity index (χ4n) is 2.09. The lowest BCUT2D eigenvalue weighted by Gasteiger charge is -2.20. The Morgan fingerprint density at radius 2 is 2.20 bits per heavy atom. The summed E-state index contributed by atoms with van der Waals surface area (Å²) in [5.41, 5.74) is 8.74. The van der Waals surface area contributed by atoms with Crippen LogP contribution in [0.4, 0.5) is 17.5 Å². The number of amides is 1. The lowest BCUT2D eigenvalue weighted by atomic mass is 10.2. The van der Waals surface area contributed by atoms with Crippen LogP contribution in [0.1, 0.15) is 17.3 Å². The molecule has 0 aliphatic heterocycles. The van der Waals surface area contributed by atoms with E-state index in [0.717, 1.165) is 15.2 Å². The van der Waals surface area contributed by atoms with E-state index in [4.69, 9.17) is 11.6 Å². The molecule has 3 aromatic rings. The average Bonchev–Trinajstić information content (AvgIpc) is 3.07. The van der Waals surface area contributed by atoms with Gasteiger partial charge in [0.1, 0.15) is 23.7 Å². The monoisotopic (exact) mass is 357 g/mol. The van der Waals surface area contributed by atoms with Gasteiger partial charge in [-0.15, -0.1) is 11.3 Å². The SMILES string of the molecule is C[C@H](C=O)N(N)c1ncc(C(N)=O)c(Nc2ccc3scnc3c2)n1. The number of anilines is 3. The second-order valence-corrected chi connectivity index (χ2v) is 6.13. The first-order valence-corrected chi connectivity index (χ1v) is 8.14. The van der Waals surface area contributed by atoms with E-state index in [-0.39, 0.29) is 17.3 Å². The van der Waals surface area contributed by atoms with Gasteiger partial charge in [0.15, 0.2) is 0 Å². The first-order valence-electron chi connectivity index (χ1n) is 7.26.